The molecule has 1 aliphatic heterocycles. The van der Waals surface area contributed by atoms with Crippen LogP contribution >= 0.6 is 0 Å². The maximum absolute atomic E-state index is 11.1. The van der Waals surface area contributed by atoms with Crippen LogP contribution in [-0.4, -0.2) is 28.1 Å². The Balaban J connectivity index is 2.16. The zero-order valence-electron chi connectivity index (χ0n) is 10.8. The lowest BCUT2D eigenvalue weighted by atomic mass is 10.1. The summed E-state index contributed by atoms with van der Waals surface area (Å²) in [5.41, 5.74) is 0.254. The van der Waals surface area contributed by atoms with Gasteiger partial charge in [0.25, 0.3) is 10.2 Å². The summed E-state index contributed by atoms with van der Waals surface area (Å²) >= 11 is 0. The third-order valence-electron chi connectivity index (χ3n) is 3.03. The SMILES string of the molecule is N#Cc1c(NS(N)(=O)=O)cccc1OCC1CCNC1. The highest BCUT2D eigenvalue weighted by Crippen LogP contribution is 2.26. The number of nitrogens with two attached hydrogens (primary N) is 1. The van der Waals surface area contributed by atoms with Crippen LogP contribution in [0.15, 0.2) is 18.2 Å². The van der Waals surface area contributed by atoms with E-state index in [-0.39, 0.29) is 11.3 Å². The highest BCUT2D eigenvalue weighted by atomic mass is 32.2. The van der Waals surface area contributed by atoms with Gasteiger partial charge in [-0.3, -0.25) is 4.72 Å². The predicted molar refractivity (Wildman–Crippen MR) is 74.4 cm³/mol. The first-order chi connectivity index (χ1) is 9.49. The van der Waals surface area contributed by atoms with Crippen LogP contribution in [0.2, 0.25) is 0 Å². The number of nitrogens with one attached hydrogen (secondary N) is 2. The summed E-state index contributed by atoms with van der Waals surface area (Å²) < 4.78 is 29.8. The molecule has 0 aliphatic carbocycles. The van der Waals surface area contributed by atoms with Crippen LogP contribution in [0.1, 0.15) is 12.0 Å². The van der Waals surface area contributed by atoms with Crippen molar-refractivity contribution in [3.05, 3.63) is 23.8 Å². The number of ether oxygens (including phenoxy) is 1. The van der Waals surface area contributed by atoms with Gasteiger partial charge in [0.2, 0.25) is 0 Å². The molecule has 0 saturated carbocycles. The molecular formula is C12H16N4O3S. The first-order valence-electron chi connectivity index (χ1n) is 6.17. The Morgan fingerprint density at radius 2 is 2.35 bits per heavy atom. The molecule has 1 fully saturated rings. The Hall–Kier alpha value is -1.82. The number of hydrogen-bond donors (Lipinski definition) is 3. The molecule has 2 rings (SSSR count). The minimum atomic E-state index is -3.92. The summed E-state index contributed by atoms with van der Waals surface area (Å²) in [4.78, 5) is 0. The molecule has 1 aromatic rings. The molecule has 0 aromatic heterocycles. The van der Waals surface area contributed by atoms with Gasteiger partial charge in [0, 0.05) is 12.5 Å². The largest absolute Gasteiger partial charge is 0.492 e. The van der Waals surface area contributed by atoms with E-state index in [4.69, 9.17) is 9.88 Å². The van der Waals surface area contributed by atoms with Crippen molar-refractivity contribution in [1.29, 1.82) is 5.26 Å². The molecule has 0 bridgehead atoms. The van der Waals surface area contributed by atoms with Crippen molar-refractivity contribution in [2.75, 3.05) is 24.4 Å². The third-order valence-corrected chi connectivity index (χ3v) is 3.53. The first-order valence-corrected chi connectivity index (χ1v) is 7.71. The van der Waals surface area contributed by atoms with Crippen molar-refractivity contribution in [3.8, 4) is 11.8 Å². The van der Waals surface area contributed by atoms with Gasteiger partial charge in [0.15, 0.2) is 0 Å². The summed E-state index contributed by atoms with van der Waals surface area (Å²) in [5, 5.41) is 17.3. The summed E-state index contributed by atoms with van der Waals surface area (Å²) in [6, 6.07) is 6.65. The quantitative estimate of drug-likeness (QED) is 0.715. The monoisotopic (exact) mass is 296 g/mol. The van der Waals surface area contributed by atoms with Crippen molar-refractivity contribution in [2.24, 2.45) is 11.1 Å². The topological polar surface area (TPSA) is 117 Å². The first kappa shape index (κ1) is 14.6. The molecule has 4 N–H and O–H groups in total. The van der Waals surface area contributed by atoms with Crippen LogP contribution in [0.3, 0.4) is 0 Å². The Bertz CT molecular complexity index is 618. The molecule has 108 valence electrons. The normalized spacial score (nSPS) is 18.5. The second kappa shape index (κ2) is 6.09. The fourth-order valence-electron chi connectivity index (χ4n) is 2.07. The van der Waals surface area contributed by atoms with Gasteiger partial charge >= 0.3 is 0 Å². The summed E-state index contributed by atoms with van der Waals surface area (Å²) in [5.74, 6) is 0.754. The van der Waals surface area contributed by atoms with Crippen molar-refractivity contribution in [3.63, 3.8) is 0 Å². The highest BCUT2D eigenvalue weighted by Gasteiger charge is 2.17. The number of anilines is 1. The van der Waals surface area contributed by atoms with Crippen LogP contribution in [0.5, 0.6) is 5.75 Å². The minimum absolute atomic E-state index is 0.122. The third kappa shape index (κ3) is 3.84. The van der Waals surface area contributed by atoms with Gasteiger partial charge in [0.05, 0.1) is 12.3 Å². The molecular weight excluding hydrogens is 280 g/mol. The number of nitrogens with zero attached hydrogens (tertiary/aromatic N) is 1. The molecule has 1 unspecified atom stereocenters. The molecule has 1 saturated heterocycles. The average Bonchev–Trinajstić information content (AvgIpc) is 2.87. The maximum atomic E-state index is 11.1. The predicted octanol–water partition coefficient (Wildman–Crippen LogP) is 0.162. The lowest BCUT2D eigenvalue weighted by Crippen LogP contribution is -2.22. The lowest BCUT2D eigenvalue weighted by molar-refractivity contribution is 0.259. The molecule has 1 aliphatic rings. The standard InChI is InChI=1S/C12H16N4O3S/c13-6-10-11(16-20(14,17)18)2-1-3-12(10)19-8-9-4-5-15-7-9/h1-3,9,15-16H,4-5,7-8H2,(H2,14,17,18). The van der Waals surface area contributed by atoms with Crippen LogP contribution in [0.4, 0.5) is 5.69 Å². The molecule has 7 nitrogen and oxygen atoms in total. The van der Waals surface area contributed by atoms with Crippen molar-refractivity contribution in [1.82, 2.24) is 5.32 Å². The van der Waals surface area contributed by atoms with Crippen molar-refractivity contribution in [2.45, 2.75) is 6.42 Å². The molecule has 1 heterocycles. The molecule has 0 amide bonds. The van der Waals surface area contributed by atoms with E-state index in [1.165, 1.54) is 6.07 Å². The van der Waals surface area contributed by atoms with E-state index in [2.05, 4.69) is 10.0 Å². The van der Waals surface area contributed by atoms with Gasteiger partial charge < -0.3 is 10.1 Å². The summed E-state index contributed by atoms with van der Waals surface area (Å²) in [6.45, 7) is 2.34. The van der Waals surface area contributed by atoms with Crippen LogP contribution < -0.4 is 19.9 Å². The highest BCUT2D eigenvalue weighted by molar-refractivity contribution is 7.90. The number of benzene rings is 1. The van der Waals surface area contributed by atoms with E-state index < -0.39 is 10.2 Å². The molecule has 1 atom stereocenters. The zero-order valence-corrected chi connectivity index (χ0v) is 11.6. The Kier molecular flexibility index (Phi) is 4.44. The van der Waals surface area contributed by atoms with Gasteiger partial charge in [-0.2, -0.15) is 13.7 Å². The zero-order chi connectivity index (χ0) is 14.6. The van der Waals surface area contributed by atoms with Crippen LogP contribution in [-0.2, 0) is 10.2 Å². The maximum Gasteiger partial charge on any atom is 0.296 e. The van der Waals surface area contributed by atoms with E-state index in [0.29, 0.717) is 18.3 Å². The number of nitriles is 1. The van der Waals surface area contributed by atoms with Crippen LogP contribution in [0, 0.1) is 17.2 Å². The van der Waals surface area contributed by atoms with Crippen molar-refractivity contribution >= 4 is 15.9 Å². The fraction of sp³-hybridized carbons (Fsp3) is 0.417. The van der Waals surface area contributed by atoms with E-state index in [1.807, 2.05) is 6.07 Å². The van der Waals surface area contributed by atoms with Crippen LogP contribution in [0.25, 0.3) is 0 Å². The number of rotatable bonds is 5. The summed E-state index contributed by atoms with van der Waals surface area (Å²) in [6.07, 6.45) is 1.02. The smallest absolute Gasteiger partial charge is 0.296 e. The Morgan fingerprint density at radius 1 is 1.55 bits per heavy atom. The molecule has 8 heteroatoms. The molecule has 0 spiro atoms. The van der Waals surface area contributed by atoms with Crippen molar-refractivity contribution < 1.29 is 13.2 Å². The van der Waals surface area contributed by atoms with Gasteiger partial charge in [-0.25, -0.2) is 5.14 Å². The van der Waals surface area contributed by atoms with E-state index in [9.17, 15) is 13.7 Å². The molecule has 20 heavy (non-hydrogen) atoms. The lowest BCUT2D eigenvalue weighted by Gasteiger charge is -2.14. The summed E-state index contributed by atoms with van der Waals surface area (Å²) in [7, 11) is -3.92. The second-order valence-electron chi connectivity index (χ2n) is 4.61. The van der Waals surface area contributed by atoms with E-state index in [1.54, 1.807) is 12.1 Å². The molecule has 1 aromatic carbocycles. The van der Waals surface area contributed by atoms with Gasteiger partial charge in [-0.15, -0.1) is 0 Å². The van der Waals surface area contributed by atoms with Gasteiger partial charge in [0.1, 0.15) is 17.4 Å². The second-order valence-corrected chi connectivity index (χ2v) is 5.90. The molecule has 0 radical (unpaired) electrons. The van der Waals surface area contributed by atoms with Gasteiger partial charge in [-0.1, -0.05) is 6.07 Å². The minimum Gasteiger partial charge on any atom is -0.492 e. The average molecular weight is 296 g/mol. The Labute approximate surface area is 117 Å². The Morgan fingerprint density at radius 3 is 2.95 bits per heavy atom. The fourth-order valence-corrected chi connectivity index (χ4v) is 2.55. The van der Waals surface area contributed by atoms with Gasteiger partial charge in [-0.05, 0) is 25.1 Å². The number of hydrogen-bond acceptors (Lipinski definition) is 5. The van der Waals surface area contributed by atoms with E-state index >= 15 is 0 Å². The van der Waals surface area contributed by atoms with E-state index in [0.717, 1.165) is 19.5 Å².